The second-order valence-corrected chi connectivity index (χ2v) is 7.04. The number of likely N-dealkylation sites (tertiary alicyclic amines) is 1. The minimum Gasteiger partial charge on any atom is -0.373 e. The summed E-state index contributed by atoms with van der Waals surface area (Å²) in [5.74, 6) is 0. The van der Waals surface area contributed by atoms with Crippen LogP contribution in [-0.2, 0) is 10.3 Å². The van der Waals surface area contributed by atoms with E-state index >= 15 is 0 Å². The van der Waals surface area contributed by atoms with Crippen LogP contribution in [0.2, 0.25) is 0 Å². The molecule has 2 rings (SSSR count). The van der Waals surface area contributed by atoms with Crippen molar-refractivity contribution >= 4 is 15.9 Å². The lowest BCUT2D eigenvalue weighted by molar-refractivity contribution is -0.0766. The molecule has 1 aliphatic heterocycles. The van der Waals surface area contributed by atoms with Crippen LogP contribution >= 0.6 is 15.9 Å². The number of pyridine rings is 1. The third-order valence-electron chi connectivity index (χ3n) is 4.16. The van der Waals surface area contributed by atoms with Crippen molar-refractivity contribution in [3.63, 3.8) is 0 Å². The number of ether oxygens (including phenoxy) is 1. The third-order valence-corrected chi connectivity index (χ3v) is 4.63. The van der Waals surface area contributed by atoms with Crippen LogP contribution < -0.4 is 0 Å². The van der Waals surface area contributed by atoms with Gasteiger partial charge in [0.25, 0.3) is 0 Å². The lowest BCUT2D eigenvalue weighted by Crippen LogP contribution is -2.50. The molecule has 0 atom stereocenters. The Bertz CT molecular complexity index is 417. The van der Waals surface area contributed by atoms with Gasteiger partial charge in [-0.2, -0.15) is 0 Å². The van der Waals surface area contributed by atoms with Crippen LogP contribution in [0.25, 0.3) is 0 Å². The fourth-order valence-corrected chi connectivity index (χ4v) is 3.03. The van der Waals surface area contributed by atoms with Crippen LogP contribution in [0.1, 0.15) is 39.2 Å². The highest BCUT2D eigenvalue weighted by atomic mass is 79.9. The fraction of sp³-hybridized carbons (Fsp3) is 0.667. The van der Waals surface area contributed by atoms with Crippen LogP contribution in [-0.4, -0.2) is 35.6 Å². The minimum atomic E-state index is -0.171. The molecule has 0 radical (unpaired) electrons. The Morgan fingerprint density at radius 2 is 1.89 bits per heavy atom. The molecule has 0 aromatic carbocycles. The van der Waals surface area contributed by atoms with Crippen molar-refractivity contribution in [3.05, 3.63) is 28.5 Å². The molecule has 3 nitrogen and oxygen atoms in total. The average molecular weight is 327 g/mol. The Labute approximate surface area is 124 Å². The van der Waals surface area contributed by atoms with Crippen LogP contribution in [0, 0.1) is 0 Å². The maximum Gasteiger partial charge on any atom is 0.106 e. The summed E-state index contributed by atoms with van der Waals surface area (Å²) in [7, 11) is 1.81. The molecule has 19 heavy (non-hydrogen) atoms. The van der Waals surface area contributed by atoms with Gasteiger partial charge in [-0.25, -0.2) is 4.98 Å². The number of rotatable bonds is 2. The van der Waals surface area contributed by atoms with Crippen molar-refractivity contribution < 1.29 is 4.74 Å². The summed E-state index contributed by atoms with van der Waals surface area (Å²) < 4.78 is 6.75. The molecule has 1 aliphatic rings. The van der Waals surface area contributed by atoms with Crippen LogP contribution in [0.3, 0.4) is 0 Å². The van der Waals surface area contributed by atoms with E-state index in [2.05, 4.69) is 52.7 Å². The van der Waals surface area contributed by atoms with Crippen LogP contribution in [0.4, 0.5) is 0 Å². The van der Waals surface area contributed by atoms with Crippen molar-refractivity contribution in [1.29, 1.82) is 0 Å². The van der Waals surface area contributed by atoms with Crippen molar-refractivity contribution in [2.24, 2.45) is 0 Å². The lowest BCUT2D eigenvalue weighted by Gasteiger charge is -2.46. The second kappa shape index (κ2) is 5.51. The number of aromatic nitrogens is 1. The molecule has 0 spiro atoms. The molecule has 0 saturated carbocycles. The average Bonchev–Trinajstić information content (AvgIpc) is 2.38. The standard InChI is InChI=1S/C15H23BrN2O/c1-14(2,3)18-9-7-15(19-4,8-10-18)12-5-6-13(16)17-11-12/h5-6,11H,7-10H2,1-4H3. The predicted molar refractivity (Wildman–Crippen MR) is 81.2 cm³/mol. The van der Waals surface area contributed by atoms with Gasteiger partial charge >= 0.3 is 0 Å². The van der Waals surface area contributed by atoms with E-state index in [9.17, 15) is 0 Å². The maximum atomic E-state index is 5.88. The lowest BCUT2D eigenvalue weighted by atomic mass is 9.83. The van der Waals surface area contributed by atoms with Gasteiger partial charge in [0.2, 0.25) is 0 Å². The van der Waals surface area contributed by atoms with E-state index in [0.29, 0.717) is 0 Å². The van der Waals surface area contributed by atoms with Gasteiger partial charge in [-0.05, 0) is 55.6 Å². The molecule has 0 N–H and O–H groups in total. The highest BCUT2D eigenvalue weighted by Gasteiger charge is 2.39. The molecule has 0 aliphatic carbocycles. The smallest absolute Gasteiger partial charge is 0.106 e. The van der Waals surface area contributed by atoms with E-state index in [4.69, 9.17) is 4.74 Å². The number of methoxy groups -OCH3 is 1. The summed E-state index contributed by atoms with van der Waals surface area (Å²) in [6, 6.07) is 4.11. The summed E-state index contributed by atoms with van der Waals surface area (Å²) in [6.45, 7) is 8.94. The Morgan fingerprint density at radius 1 is 1.26 bits per heavy atom. The van der Waals surface area contributed by atoms with E-state index in [0.717, 1.165) is 30.5 Å². The van der Waals surface area contributed by atoms with Gasteiger partial charge < -0.3 is 4.74 Å². The van der Waals surface area contributed by atoms with Gasteiger partial charge in [-0.3, -0.25) is 4.90 Å². The van der Waals surface area contributed by atoms with E-state index < -0.39 is 0 Å². The topological polar surface area (TPSA) is 25.4 Å². The minimum absolute atomic E-state index is 0.171. The molecule has 106 valence electrons. The van der Waals surface area contributed by atoms with Gasteiger partial charge in [-0.1, -0.05) is 6.07 Å². The normalized spacial score (nSPS) is 20.5. The zero-order valence-electron chi connectivity index (χ0n) is 12.2. The highest BCUT2D eigenvalue weighted by molar-refractivity contribution is 9.10. The summed E-state index contributed by atoms with van der Waals surface area (Å²) >= 11 is 3.38. The molecular weight excluding hydrogens is 304 g/mol. The first-order chi connectivity index (χ1) is 8.87. The zero-order valence-corrected chi connectivity index (χ0v) is 13.8. The molecule has 4 heteroatoms. The van der Waals surface area contributed by atoms with Gasteiger partial charge in [0.15, 0.2) is 0 Å². The first kappa shape index (κ1) is 14.9. The molecule has 1 saturated heterocycles. The van der Waals surface area contributed by atoms with Gasteiger partial charge in [0.05, 0.1) is 5.60 Å². The largest absolute Gasteiger partial charge is 0.373 e. The Morgan fingerprint density at radius 3 is 2.32 bits per heavy atom. The maximum absolute atomic E-state index is 5.88. The molecule has 0 bridgehead atoms. The van der Waals surface area contributed by atoms with E-state index in [1.165, 1.54) is 5.56 Å². The number of hydrogen-bond acceptors (Lipinski definition) is 3. The van der Waals surface area contributed by atoms with Crippen LogP contribution in [0.5, 0.6) is 0 Å². The monoisotopic (exact) mass is 326 g/mol. The number of hydrogen-bond donors (Lipinski definition) is 0. The van der Waals surface area contributed by atoms with Gasteiger partial charge in [-0.15, -0.1) is 0 Å². The number of halogens is 1. The third kappa shape index (κ3) is 3.18. The zero-order chi connectivity index (χ0) is 14.1. The molecule has 1 fully saturated rings. The first-order valence-corrected chi connectivity index (χ1v) is 7.59. The van der Waals surface area contributed by atoms with Crippen molar-refractivity contribution in [2.75, 3.05) is 20.2 Å². The van der Waals surface area contributed by atoms with Crippen molar-refractivity contribution in [1.82, 2.24) is 9.88 Å². The van der Waals surface area contributed by atoms with E-state index in [-0.39, 0.29) is 11.1 Å². The number of nitrogens with zero attached hydrogens (tertiary/aromatic N) is 2. The second-order valence-electron chi connectivity index (χ2n) is 6.23. The quantitative estimate of drug-likeness (QED) is 0.777. The molecular formula is C15H23BrN2O. The summed E-state index contributed by atoms with van der Waals surface area (Å²) in [5.41, 5.74) is 1.25. The first-order valence-electron chi connectivity index (χ1n) is 6.80. The molecule has 0 unspecified atom stereocenters. The highest BCUT2D eigenvalue weighted by Crippen LogP contribution is 2.37. The Kier molecular flexibility index (Phi) is 4.33. The van der Waals surface area contributed by atoms with Gasteiger partial charge in [0, 0.05) is 37.5 Å². The van der Waals surface area contributed by atoms with Crippen LogP contribution in [0.15, 0.2) is 22.9 Å². The van der Waals surface area contributed by atoms with Gasteiger partial charge in [0.1, 0.15) is 4.60 Å². The van der Waals surface area contributed by atoms with Crippen molar-refractivity contribution in [2.45, 2.75) is 44.8 Å². The SMILES string of the molecule is COC1(c2ccc(Br)nc2)CCN(C(C)(C)C)CC1. The molecule has 0 amide bonds. The molecule has 2 heterocycles. The summed E-state index contributed by atoms with van der Waals surface area (Å²) in [5, 5.41) is 0. The Balaban J connectivity index is 2.16. The van der Waals surface area contributed by atoms with E-state index in [1.54, 1.807) is 0 Å². The predicted octanol–water partition coefficient (Wildman–Crippen LogP) is 3.58. The summed E-state index contributed by atoms with van der Waals surface area (Å²) in [4.78, 5) is 6.86. The Hall–Kier alpha value is -0.450. The van der Waals surface area contributed by atoms with Crippen molar-refractivity contribution in [3.8, 4) is 0 Å². The number of piperidine rings is 1. The summed E-state index contributed by atoms with van der Waals surface area (Å²) in [6.07, 6.45) is 3.97. The fourth-order valence-electron chi connectivity index (χ4n) is 2.79. The van der Waals surface area contributed by atoms with E-state index in [1.807, 2.05) is 19.4 Å². The molecule has 1 aromatic rings. The molecule has 1 aromatic heterocycles.